The molecule has 2 amide bonds. The summed E-state index contributed by atoms with van der Waals surface area (Å²) in [5.41, 5.74) is 1.13. The van der Waals surface area contributed by atoms with Crippen molar-refractivity contribution in [1.29, 1.82) is 0 Å². The first-order chi connectivity index (χ1) is 15.8. The lowest BCUT2D eigenvalue weighted by molar-refractivity contribution is -0.137. The zero-order valence-corrected chi connectivity index (χ0v) is 18.0. The van der Waals surface area contributed by atoms with Gasteiger partial charge in [-0.05, 0) is 47.5 Å². The lowest BCUT2D eigenvalue weighted by atomic mass is 10.1. The van der Waals surface area contributed by atoms with E-state index >= 15 is 0 Å². The number of amides is 2. The lowest BCUT2D eigenvalue weighted by Gasteiger charge is -2.29. The summed E-state index contributed by atoms with van der Waals surface area (Å²) in [5, 5.41) is 2.78. The summed E-state index contributed by atoms with van der Waals surface area (Å²) in [4.78, 5) is 32.2. The minimum atomic E-state index is -4.43. The van der Waals surface area contributed by atoms with Crippen LogP contribution in [0, 0.1) is 0 Å². The number of carbonyl (C=O) groups excluding carboxylic acids is 2. The van der Waals surface area contributed by atoms with Crippen molar-refractivity contribution in [2.24, 2.45) is 0 Å². The molecule has 0 fully saturated rings. The second-order valence-electron chi connectivity index (χ2n) is 7.23. The molecule has 3 aromatic rings. The first-order valence-electron chi connectivity index (χ1n) is 9.94. The van der Waals surface area contributed by atoms with Crippen LogP contribution in [0.5, 0.6) is 0 Å². The molecule has 0 saturated heterocycles. The average Bonchev–Trinajstić information content (AvgIpc) is 2.81. The van der Waals surface area contributed by atoms with Gasteiger partial charge in [0.15, 0.2) is 0 Å². The van der Waals surface area contributed by atoms with Gasteiger partial charge in [-0.2, -0.15) is 13.2 Å². The van der Waals surface area contributed by atoms with Gasteiger partial charge >= 0.3 is 6.18 Å². The minimum absolute atomic E-state index is 0.193. The van der Waals surface area contributed by atoms with E-state index in [1.54, 1.807) is 30.6 Å². The Bertz CT molecular complexity index is 1200. The van der Waals surface area contributed by atoms with Crippen molar-refractivity contribution in [3.8, 4) is 0 Å². The molecule has 1 aliphatic heterocycles. The summed E-state index contributed by atoms with van der Waals surface area (Å²) >= 11 is 1.22. The van der Waals surface area contributed by atoms with Crippen LogP contribution in [0.4, 0.5) is 18.9 Å². The normalized spacial score (nSPS) is 14.8. The Morgan fingerprint density at radius 1 is 1.06 bits per heavy atom. The number of benzene rings is 2. The highest BCUT2D eigenvalue weighted by atomic mass is 32.2. The molecule has 0 aliphatic carbocycles. The molecule has 1 aromatic heterocycles. The van der Waals surface area contributed by atoms with Gasteiger partial charge in [0.25, 0.3) is 5.91 Å². The number of nitrogens with zero attached hydrogens (tertiary/aromatic N) is 2. The number of aromatic nitrogens is 1. The van der Waals surface area contributed by atoms with Crippen molar-refractivity contribution in [1.82, 2.24) is 10.3 Å². The smallest absolute Gasteiger partial charge is 0.350 e. The Hall–Kier alpha value is -3.59. The molecule has 0 saturated carbocycles. The number of carbonyl (C=O) groups is 2. The van der Waals surface area contributed by atoms with Crippen LogP contribution in [-0.2, 0) is 22.3 Å². The summed E-state index contributed by atoms with van der Waals surface area (Å²) in [6.07, 6.45) is 0.379. The van der Waals surface area contributed by atoms with Crippen LogP contribution < -0.4 is 10.2 Å². The van der Waals surface area contributed by atoms with Crippen LogP contribution in [-0.4, -0.2) is 23.3 Å². The van der Waals surface area contributed by atoms with Crippen molar-refractivity contribution < 1.29 is 22.8 Å². The third-order valence-corrected chi connectivity index (χ3v) is 5.96. The highest BCUT2D eigenvalue weighted by Gasteiger charge is 2.31. The van der Waals surface area contributed by atoms with Crippen LogP contribution in [0.3, 0.4) is 0 Å². The Labute approximate surface area is 192 Å². The molecule has 5 nitrogen and oxygen atoms in total. The van der Waals surface area contributed by atoms with Crippen LogP contribution in [0.1, 0.15) is 16.7 Å². The number of fused-ring (bicyclic) bond motifs is 1. The fraction of sp³-hybridized carbons (Fsp3) is 0.125. The molecule has 33 heavy (non-hydrogen) atoms. The summed E-state index contributed by atoms with van der Waals surface area (Å²) in [7, 11) is 0. The lowest BCUT2D eigenvalue weighted by Crippen LogP contribution is -2.42. The van der Waals surface area contributed by atoms with E-state index in [-0.39, 0.29) is 19.0 Å². The van der Waals surface area contributed by atoms with Crippen LogP contribution >= 0.6 is 11.8 Å². The average molecular weight is 469 g/mol. The summed E-state index contributed by atoms with van der Waals surface area (Å²) in [6.45, 7) is 0.0837. The van der Waals surface area contributed by atoms with E-state index in [1.165, 1.54) is 34.9 Å². The zero-order chi connectivity index (χ0) is 23.4. The second kappa shape index (κ2) is 9.50. The number of halogens is 3. The molecule has 0 spiro atoms. The van der Waals surface area contributed by atoms with Gasteiger partial charge in [-0.15, -0.1) is 0 Å². The number of anilines is 1. The van der Waals surface area contributed by atoms with Gasteiger partial charge in [-0.3, -0.25) is 19.5 Å². The van der Waals surface area contributed by atoms with E-state index < -0.39 is 17.6 Å². The number of hydrogen-bond acceptors (Lipinski definition) is 4. The molecule has 1 aliphatic rings. The Balaban J connectivity index is 1.55. The number of alkyl halides is 3. The fourth-order valence-electron chi connectivity index (χ4n) is 3.24. The largest absolute Gasteiger partial charge is 0.416 e. The van der Waals surface area contributed by atoms with Gasteiger partial charge in [0.1, 0.15) is 6.54 Å². The van der Waals surface area contributed by atoms with E-state index in [1.807, 2.05) is 18.2 Å². The van der Waals surface area contributed by atoms with Crippen LogP contribution in [0.25, 0.3) is 6.08 Å². The number of para-hydroxylation sites is 1. The molecule has 2 aromatic carbocycles. The number of hydrogen-bond donors (Lipinski definition) is 1. The zero-order valence-electron chi connectivity index (χ0n) is 17.2. The van der Waals surface area contributed by atoms with E-state index in [9.17, 15) is 22.8 Å². The van der Waals surface area contributed by atoms with Crippen molar-refractivity contribution in [3.63, 3.8) is 0 Å². The number of pyridine rings is 1. The topological polar surface area (TPSA) is 62.3 Å². The fourth-order valence-corrected chi connectivity index (χ4v) is 4.30. The third kappa shape index (κ3) is 5.43. The van der Waals surface area contributed by atoms with Crippen molar-refractivity contribution in [3.05, 3.63) is 94.7 Å². The van der Waals surface area contributed by atoms with Crippen molar-refractivity contribution >= 4 is 35.3 Å². The monoisotopic (exact) mass is 469 g/mol. The Morgan fingerprint density at radius 3 is 2.52 bits per heavy atom. The summed E-state index contributed by atoms with van der Waals surface area (Å²) in [6, 6.07) is 15.3. The number of thioether (sulfide) groups is 1. The van der Waals surface area contributed by atoms with Gasteiger partial charge in [0, 0.05) is 23.8 Å². The highest BCUT2D eigenvalue weighted by molar-refractivity contribution is 8.04. The molecule has 0 atom stereocenters. The molecule has 2 heterocycles. The molecule has 4 rings (SSSR count). The van der Waals surface area contributed by atoms with E-state index in [4.69, 9.17) is 0 Å². The van der Waals surface area contributed by atoms with Gasteiger partial charge < -0.3 is 5.32 Å². The first-order valence-corrected chi connectivity index (χ1v) is 10.8. The quantitative estimate of drug-likeness (QED) is 0.540. The SMILES string of the molecule is O=C(CN1C(=O)/C(=C/c2ccc(C(F)(F)F)cc2)Sc2ccccc21)NCc1cccnc1. The van der Waals surface area contributed by atoms with Crippen molar-refractivity contribution in [2.75, 3.05) is 11.4 Å². The molecule has 9 heteroatoms. The molecule has 168 valence electrons. The van der Waals surface area contributed by atoms with E-state index in [0.29, 0.717) is 16.2 Å². The summed E-state index contributed by atoms with van der Waals surface area (Å²) in [5.74, 6) is -0.738. The number of rotatable bonds is 5. The van der Waals surface area contributed by atoms with Gasteiger partial charge in [-0.25, -0.2) is 0 Å². The summed E-state index contributed by atoms with van der Waals surface area (Å²) < 4.78 is 38.5. The molecular formula is C24H18F3N3O2S. The second-order valence-corrected chi connectivity index (χ2v) is 8.31. The Morgan fingerprint density at radius 2 is 1.82 bits per heavy atom. The first kappa shape index (κ1) is 22.6. The van der Waals surface area contributed by atoms with Gasteiger partial charge in [-0.1, -0.05) is 42.1 Å². The Kier molecular flexibility index (Phi) is 6.50. The van der Waals surface area contributed by atoms with Crippen LogP contribution in [0.2, 0.25) is 0 Å². The molecular weight excluding hydrogens is 451 g/mol. The predicted molar refractivity (Wildman–Crippen MR) is 120 cm³/mol. The third-order valence-electron chi connectivity index (χ3n) is 4.88. The van der Waals surface area contributed by atoms with Gasteiger partial charge in [0.05, 0.1) is 16.2 Å². The molecule has 0 bridgehead atoms. The number of nitrogens with one attached hydrogen (secondary N) is 1. The maximum Gasteiger partial charge on any atom is 0.416 e. The highest BCUT2D eigenvalue weighted by Crippen LogP contribution is 2.42. The molecule has 0 radical (unpaired) electrons. The van der Waals surface area contributed by atoms with E-state index in [0.717, 1.165) is 22.6 Å². The standard InChI is InChI=1S/C24H18F3N3O2S/c25-24(26,27)18-9-7-16(8-10-18)12-21-23(32)30(19-5-1-2-6-20(19)33-21)15-22(31)29-14-17-4-3-11-28-13-17/h1-13H,14-15H2,(H,29,31)/b21-12-. The maximum absolute atomic E-state index is 13.2. The predicted octanol–water partition coefficient (Wildman–Crippen LogP) is 4.90. The molecule has 0 unspecified atom stereocenters. The van der Waals surface area contributed by atoms with Crippen molar-refractivity contribution in [2.45, 2.75) is 17.6 Å². The van der Waals surface area contributed by atoms with Gasteiger partial charge in [0.2, 0.25) is 5.91 Å². The minimum Gasteiger partial charge on any atom is -0.350 e. The van der Waals surface area contributed by atoms with Crippen LogP contribution in [0.15, 0.2) is 82.9 Å². The van der Waals surface area contributed by atoms with E-state index in [2.05, 4.69) is 10.3 Å². The maximum atomic E-state index is 13.2. The molecule has 1 N–H and O–H groups in total.